The molecule has 2 N–H and O–H groups in total. The van der Waals surface area contributed by atoms with E-state index in [2.05, 4.69) is 10.6 Å². The van der Waals surface area contributed by atoms with Gasteiger partial charge >= 0.3 is 12.4 Å². The number of carbonyl (C=O) groups is 2. The van der Waals surface area contributed by atoms with E-state index < -0.39 is 40.5 Å². The average Bonchev–Trinajstić information content (AvgIpc) is 2.78. The second kappa shape index (κ2) is 9.81. The third-order valence-electron chi connectivity index (χ3n) is 5.10. The molecule has 0 radical (unpaired) electrons. The van der Waals surface area contributed by atoms with Crippen LogP contribution in [0, 0.1) is 6.92 Å². The molecule has 3 aromatic rings. The van der Waals surface area contributed by atoms with E-state index in [1.807, 2.05) is 0 Å². The van der Waals surface area contributed by atoms with E-state index in [1.165, 1.54) is 37.3 Å². The topological polar surface area (TPSA) is 58.2 Å². The van der Waals surface area contributed by atoms with E-state index in [0.29, 0.717) is 18.2 Å². The molecule has 35 heavy (non-hydrogen) atoms. The summed E-state index contributed by atoms with van der Waals surface area (Å²) in [5.74, 6) is -1.10. The maximum absolute atomic E-state index is 13.8. The zero-order chi connectivity index (χ0) is 26.0. The zero-order valence-corrected chi connectivity index (χ0v) is 18.6. The minimum atomic E-state index is -4.99. The number of rotatable bonds is 5. The minimum Gasteiger partial charge on any atom is -0.352 e. The molecule has 0 unspecified atom stereocenters. The summed E-state index contributed by atoms with van der Waals surface area (Å²) >= 11 is 0. The predicted octanol–water partition coefficient (Wildman–Crippen LogP) is 6.70. The van der Waals surface area contributed by atoms with Crippen molar-refractivity contribution in [3.8, 4) is 11.1 Å². The van der Waals surface area contributed by atoms with Crippen LogP contribution in [0.25, 0.3) is 11.1 Å². The van der Waals surface area contributed by atoms with Gasteiger partial charge in [0.1, 0.15) is 0 Å². The fourth-order valence-electron chi connectivity index (χ4n) is 3.46. The first kappa shape index (κ1) is 25.8. The Morgan fingerprint density at radius 2 is 1.20 bits per heavy atom. The maximum atomic E-state index is 13.8. The summed E-state index contributed by atoms with van der Waals surface area (Å²) in [6.07, 6.45) is -9.85. The number of alkyl halides is 6. The van der Waals surface area contributed by atoms with E-state index in [9.17, 15) is 35.9 Å². The van der Waals surface area contributed by atoms with Gasteiger partial charge < -0.3 is 10.6 Å². The van der Waals surface area contributed by atoms with Crippen molar-refractivity contribution in [3.05, 3.63) is 88.5 Å². The Hall–Kier alpha value is -3.82. The first-order valence-electron chi connectivity index (χ1n) is 10.4. The SMILES string of the molecule is CCNC(=O)c1ccc(C(=O)Nc2ccc(-c3ccc(C)cc3C(F)(F)F)c(C(F)(F)F)c2)cc1. The monoisotopic (exact) mass is 494 g/mol. The fourth-order valence-corrected chi connectivity index (χ4v) is 3.46. The maximum Gasteiger partial charge on any atom is 0.417 e. The van der Waals surface area contributed by atoms with Crippen molar-refractivity contribution in [2.75, 3.05) is 11.9 Å². The van der Waals surface area contributed by atoms with Crippen LogP contribution >= 0.6 is 0 Å². The number of anilines is 1. The van der Waals surface area contributed by atoms with Crippen LogP contribution in [-0.2, 0) is 12.4 Å². The summed E-state index contributed by atoms with van der Waals surface area (Å²) in [5, 5.41) is 4.90. The molecular formula is C25H20F6N2O2. The number of halogens is 6. The highest BCUT2D eigenvalue weighted by molar-refractivity contribution is 6.05. The van der Waals surface area contributed by atoms with Gasteiger partial charge in [-0.1, -0.05) is 23.8 Å². The Kier molecular flexibility index (Phi) is 7.23. The highest BCUT2D eigenvalue weighted by Gasteiger charge is 2.38. The van der Waals surface area contributed by atoms with Gasteiger partial charge in [0, 0.05) is 23.4 Å². The number of nitrogens with one attached hydrogen (secondary N) is 2. The second-order valence-corrected chi connectivity index (χ2v) is 7.70. The van der Waals surface area contributed by atoms with Gasteiger partial charge in [0.15, 0.2) is 0 Å². The Labute approximate surface area is 197 Å². The van der Waals surface area contributed by atoms with Gasteiger partial charge in [0.25, 0.3) is 11.8 Å². The van der Waals surface area contributed by atoms with Crippen molar-refractivity contribution in [2.45, 2.75) is 26.2 Å². The molecule has 3 aromatic carbocycles. The zero-order valence-electron chi connectivity index (χ0n) is 18.6. The van der Waals surface area contributed by atoms with Crippen LogP contribution in [0.2, 0.25) is 0 Å². The molecule has 0 atom stereocenters. The lowest BCUT2D eigenvalue weighted by Crippen LogP contribution is -2.22. The van der Waals surface area contributed by atoms with E-state index in [1.54, 1.807) is 6.92 Å². The Bertz CT molecular complexity index is 1250. The molecule has 0 heterocycles. The number of amides is 2. The molecular weight excluding hydrogens is 474 g/mol. The van der Waals surface area contributed by atoms with Crippen molar-refractivity contribution in [3.63, 3.8) is 0 Å². The largest absolute Gasteiger partial charge is 0.417 e. The van der Waals surface area contributed by atoms with Gasteiger partial charge in [0.2, 0.25) is 0 Å². The number of aryl methyl sites for hydroxylation is 1. The van der Waals surface area contributed by atoms with Crippen LogP contribution in [-0.4, -0.2) is 18.4 Å². The first-order valence-corrected chi connectivity index (χ1v) is 10.4. The average molecular weight is 494 g/mol. The van der Waals surface area contributed by atoms with Gasteiger partial charge in [0.05, 0.1) is 11.1 Å². The Morgan fingerprint density at radius 3 is 1.71 bits per heavy atom. The lowest BCUT2D eigenvalue weighted by atomic mass is 9.93. The van der Waals surface area contributed by atoms with Gasteiger partial charge in [-0.25, -0.2) is 0 Å². The molecule has 0 fully saturated rings. The third-order valence-corrected chi connectivity index (χ3v) is 5.10. The summed E-state index contributed by atoms with van der Waals surface area (Å²) < 4.78 is 82.1. The normalized spacial score (nSPS) is 11.8. The van der Waals surface area contributed by atoms with E-state index >= 15 is 0 Å². The molecule has 0 bridgehead atoms. The lowest BCUT2D eigenvalue weighted by Gasteiger charge is -2.19. The van der Waals surface area contributed by atoms with Gasteiger partial charge in [-0.3, -0.25) is 9.59 Å². The molecule has 0 aliphatic carbocycles. The van der Waals surface area contributed by atoms with Crippen LogP contribution < -0.4 is 10.6 Å². The van der Waals surface area contributed by atoms with Crippen LogP contribution in [0.4, 0.5) is 32.0 Å². The van der Waals surface area contributed by atoms with E-state index in [-0.39, 0.29) is 22.7 Å². The van der Waals surface area contributed by atoms with E-state index in [4.69, 9.17) is 0 Å². The molecule has 0 saturated heterocycles. The highest BCUT2D eigenvalue weighted by atomic mass is 19.4. The van der Waals surface area contributed by atoms with Crippen molar-refractivity contribution in [1.29, 1.82) is 0 Å². The van der Waals surface area contributed by atoms with Crippen LogP contribution in [0.15, 0.2) is 60.7 Å². The predicted molar refractivity (Wildman–Crippen MR) is 119 cm³/mol. The summed E-state index contributed by atoms with van der Waals surface area (Å²) in [7, 11) is 0. The number of hydrogen-bond donors (Lipinski definition) is 2. The quantitative estimate of drug-likeness (QED) is 0.388. The van der Waals surface area contributed by atoms with Gasteiger partial charge in [-0.05, 0) is 67.4 Å². The van der Waals surface area contributed by atoms with Gasteiger partial charge in [-0.15, -0.1) is 0 Å². The fraction of sp³-hybridized carbons (Fsp3) is 0.200. The van der Waals surface area contributed by atoms with Crippen LogP contribution in [0.3, 0.4) is 0 Å². The lowest BCUT2D eigenvalue weighted by molar-refractivity contribution is -0.139. The van der Waals surface area contributed by atoms with Crippen LogP contribution in [0.1, 0.15) is 44.3 Å². The first-order chi connectivity index (χ1) is 16.3. The number of hydrogen-bond acceptors (Lipinski definition) is 2. The molecule has 2 amide bonds. The Balaban J connectivity index is 1.96. The molecule has 0 aliphatic heterocycles. The smallest absolute Gasteiger partial charge is 0.352 e. The molecule has 4 nitrogen and oxygen atoms in total. The number of benzene rings is 3. The molecule has 184 valence electrons. The summed E-state index contributed by atoms with van der Waals surface area (Å²) in [4.78, 5) is 24.3. The van der Waals surface area contributed by atoms with Crippen LogP contribution in [0.5, 0.6) is 0 Å². The molecule has 10 heteroatoms. The van der Waals surface area contributed by atoms with Gasteiger partial charge in [-0.2, -0.15) is 26.3 Å². The van der Waals surface area contributed by atoms with E-state index in [0.717, 1.165) is 24.3 Å². The second-order valence-electron chi connectivity index (χ2n) is 7.70. The number of carbonyl (C=O) groups excluding carboxylic acids is 2. The Morgan fingerprint density at radius 1 is 0.714 bits per heavy atom. The molecule has 0 aromatic heterocycles. The summed E-state index contributed by atoms with van der Waals surface area (Å²) in [6, 6.07) is 11.1. The molecule has 3 rings (SSSR count). The molecule has 0 spiro atoms. The van der Waals surface area contributed by atoms with Crippen molar-refractivity contribution >= 4 is 17.5 Å². The highest BCUT2D eigenvalue weighted by Crippen LogP contribution is 2.43. The van der Waals surface area contributed by atoms with Crippen molar-refractivity contribution in [1.82, 2.24) is 5.32 Å². The van der Waals surface area contributed by atoms with Crippen molar-refractivity contribution < 1.29 is 35.9 Å². The summed E-state index contributed by atoms with van der Waals surface area (Å²) in [6.45, 7) is 3.56. The molecule has 0 saturated carbocycles. The standard InChI is InChI=1S/C25H20F6N2O2/c1-3-32-22(34)15-5-7-16(8-6-15)23(35)33-17-9-11-19(21(13-17)25(29,30)31)18-10-4-14(2)12-20(18)24(26,27)28/h4-13H,3H2,1-2H3,(H,32,34)(H,33,35). The minimum absolute atomic E-state index is 0.0774. The molecule has 0 aliphatic rings. The summed E-state index contributed by atoms with van der Waals surface area (Å²) in [5.41, 5.74) is -3.41. The van der Waals surface area contributed by atoms with Crippen molar-refractivity contribution in [2.24, 2.45) is 0 Å². The third kappa shape index (κ3) is 6.00.